The van der Waals surface area contributed by atoms with Crippen LogP contribution in [0.2, 0.25) is 0 Å². The fourth-order valence-electron chi connectivity index (χ4n) is 2.58. The van der Waals surface area contributed by atoms with Gasteiger partial charge in [-0.2, -0.15) is 0 Å². The second-order valence-corrected chi connectivity index (χ2v) is 6.85. The Labute approximate surface area is 120 Å². The van der Waals surface area contributed by atoms with Gasteiger partial charge in [-0.25, -0.2) is 13.1 Å². The maximum atomic E-state index is 12.4. The molecule has 6 heteroatoms. The molecule has 1 aromatic carbocycles. The Morgan fingerprint density at radius 3 is 2.80 bits per heavy atom. The molecular weight excluding hydrogens is 276 g/mol. The predicted molar refractivity (Wildman–Crippen MR) is 78.1 cm³/mol. The summed E-state index contributed by atoms with van der Waals surface area (Å²) in [5.41, 5.74) is 7.91. The average molecular weight is 298 g/mol. The number of fused-ring (bicyclic) bond motifs is 1. The van der Waals surface area contributed by atoms with E-state index in [0.717, 1.165) is 24.8 Å². The van der Waals surface area contributed by atoms with Gasteiger partial charge in [0.05, 0.1) is 11.5 Å². The zero-order valence-electron chi connectivity index (χ0n) is 11.8. The van der Waals surface area contributed by atoms with E-state index in [1.165, 1.54) is 5.56 Å². The molecule has 2 rings (SSSR count). The minimum Gasteiger partial charge on any atom is -0.383 e. The van der Waals surface area contributed by atoms with Gasteiger partial charge < -0.3 is 10.5 Å². The van der Waals surface area contributed by atoms with Crippen LogP contribution in [0.5, 0.6) is 0 Å². The number of ether oxygens (including phenoxy) is 1. The van der Waals surface area contributed by atoms with Gasteiger partial charge in [0.15, 0.2) is 0 Å². The van der Waals surface area contributed by atoms with Crippen molar-refractivity contribution in [2.75, 3.05) is 20.3 Å². The Hall–Kier alpha value is -0.950. The van der Waals surface area contributed by atoms with E-state index in [1.807, 2.05) is 6.07 Å². The molecule has 0 bridgehead atoms. The summed E-state index contributed by atoms with van der Waals surface area (Å²) in [5.74, 6) is 0. The van der Waals surface area contributed by atoms with Crippen LogP contribution in [0, 0.1) is 0 Å². The highest BCUT2D eigenvalue weighted by atomic mass is 32.2. The molecule has 5 nitrogen and oxygen atoms in total. The zero-order chi connectivity index (χ0) is 14.6. The van der Waals surface area contributed by atoms with Crippen molar-refractivity contribution in [1.82, 2.24) is 4.72 Å². The predicted octanol–water partition coefficient (Wildman–Crippen LogP) is 0.817. The summed E-state index contributed by atoms with van der Waals surface area (Å²) in [6.07, 6.45) is 3.66. The first-order valence-electron chi connectivity index (χ1n) is 6.90. The lowest BCUT2D eigenvalue weighted by molar-refractivity contribution is 0.172. The van der Waals surface area contributed by atoms with Crippen molar-refractivity contribution in [2.45, 2.75) is 36.6 Å². The third-order valence-corrected chi connectivity index (χ3v) is 5.10. The maximum Gasteiger partial charge on any atom is 0.240 e. The van der Waals surface area contributed by atoms with Gasteiger partial charge in [-0.05, 0) is 55.5 Å². The number of hydrogen-bond donors (Lipinski definition) is 2. The molecule has 0 spiro atoms. The van der Waals surface area contributed by atoms with E-state index < -0.39 is 10.0 Å². The summed E-state index contributed by atoms with van der Waals surface area (Å²) in [4.78, 5) is 0.330. The molecule has 0 saturated carbocycles. The molecule has 0 radical (unpaired) electrons. The molecule has 0 aliphatic heterocycles. The summed E-state index contributed by atoms with van der Waals surface area (Å²) < 4.78 is 32.5. The Morgan fingerprint density at radius 2 is 2.10 bits per heavy atom. The fraction of sp³-hybridized carbons (Fsp3) is 0.571. The van der Waals surface area contributed by atoms with Crippen molar-refractivity contribution >= 4 is 10.0 Å². The number of nitrogens with one attached hydrogen (secondary N) is 1. The van der Waals surface area contributed by atoms with Gasteiger partial charge in [0.2, 0.25) is 10.0 Å². The minimum atomic E-state index is -3.51. The van der Waals surface area contributed by atoms with E-state index in [2.05, 4.69) is 4.72 Å². The highest BCUT2D eigenvalue weighted by Gasteiger charge is 2.21. The summed E-state index contributed by atoms with van der Waals surface area (Å²) in [7, 11) is -1.96. The Kier molecular flexibility index (Phi) is 5.15. The molecule has 0 fully saturated rings. The number of sulfonamides is 1. The van der Waals surface area contributed by atoms with Crippen LogP contribution in [-0.4, -0.2) is 34.7 Å². The van der Waals surface area contributed by atoms with Crippen LogP contribution in [0.4, 0.5) is 0 Å². The zero-order valence-corrected chi connectivity index (χ0v) is 12.6. The van der Waals surface area contributed by atoms with Gasteiger partial charge in [-0.3, -0.25) is 0 Å². The van der Waals surface area contributed by atoms with E-state index in [4.69, 9.17) is 10.5 Å². The highest BCUT2D eigenvalue weighted by Crippen LogP contribution is 2.24. The summed E-state index contributed by atoms with van der Waals surface area (Å²) in [6, 6.07) is 5.10. The number of hydrogen-bond acceptors (Lipinski definition) is 4. The fourth-order valence-corrected chi connectivity index (χ4v) is 3.89. The van der Waals surface area contributed by atoms with Crippen LogP contribution in [-0.2, 0) is 27.6 Å². The van der Waals surface area contributed by atoms with E-state index in [0.29, 0.717) is 24.5 Å². The van der Waals surface area contributed by atoms with E-state index in [-0.39, 0.29) is 6.04 Å². The van der Waals surface area contributed by atoms with Crippen molar-refractivity contribution in [2.24, 2.45) is 5.73 Å². The summed E-state index contributed by atoms with van der Waals surface area (Å²) in [6.45, 7) is 0.738. The number of benzene rings is 1. The highest BCUT2D eigenvalue weighted by molar-refractivity contribution is 7.89. The van der Waals surface area contributed by atoms with Crippen molar-refractivity contribution in [3.63, 3.8) is 0 Å². The van der Waals surface area contributed by atoms with E-state index >= 15 is 0 Å². The quantitative estimate of drug-likeness (QED) is 0.781. The molecule has 0 saturated heterocycles. The number of aryl methyl sites for hydroxylation is 2. The summed E-state index contributed by atoms with van der Waals surface area (Å²) in [5, 5.41) is 0. The molecule has 1 aromatic rings. The monoisotopic (exact) mass is 298 g/mol. The number of rotatable bonds is 7. The van der Waals surface area contributed by atoms with Crippen LogP contribution in [0.15, 0.2) is 23.1 Å². The minimum absolute atomic E-state index is 0.289. The Bertz CT molecular complexity index is 552. The molecule has 1 unspecified atom stereocenters. The van der Waals surface area contributed by atoms with Gasteiger partial charge in [0, 0.05) is 13.2 Å². The lowest BCUT2D eigenvalue weighted by Crippen LogP contribution is -2.39. The topological polar surface area (TPSA) is 81.4 Å². The number of methoxy groups -OCH3 is 1. The average Bonchev–Trinajstić information content (AvgIpc) is 2.86. The first-order valence-corrected chi connectivity index (χ1v) is 8.38. The molecule has 3 N–H and O–H groups in total. The van der Waals surface area contributed by atoms with E-state index in [9.17, 15) is 8.42 Å². The van der Waals surface area contributed by atoms with Gasteiger partial charge >= 0.3 is 0 Å². The lowest BCUT2D eigenvalue weighted by atomic mass is 10.1. The van der Waals surface area contributed by atoms with Crippen LogP contribution < -0.4 is 10.5 Å². The standard InChI is InChI=1S/C14H22N2O3S/c1-19-10-13(7-8-15)16-20(17,18)14-6-5-11-3-2-4-12(11)9-14/h5-6,9,13,16H,2-4,7-8,10,15H2,1H3. The largest absolute Gasteiger partial charge is 0.383 e. The SMILES string of the molecule is COCC(CCN)NS(=O)(=O)c1ccc2c(c1)CCC2. The number of nitrogens with two attached hydrogens (primary N) is 1. The van der Waals surface area contributed by atoms with Crippen LogP contribution in [0.1, 0.15) is 24.0 Å². The van der Waals surface area contributed by atoms with Gasteiger partial charge in [-0.1, -0.05) is 6.07 Å². The van der Waals surface area contributed by atoms with Crippen molar-refractivity contribution < 1.29 is 13.2 Å². The van der Waals surface area contributed by atoms with Crippen LogP contribution in [0.3, 0.4) is 0 Å². The van der Waals surface area contributed by atoms with Crippen molar-refractivity contribution in [3.05, 3.63) is 29.3 Å². The lowest BCUT2D eigenvalue weighted by Gasteiger charge is -2.17. The van der Waals surface area contributed by atoms with Gasteiger partial charge in [0.25, 0.3) is 0 Å². The third kappa shape index (κ3) is 3.58. The van der Waals surface area contributed by atoms with E-state index in [1.54, 1.807) is 19.2 Å². The Morgan fingerprint density at radius 1 is 1.35 bits per heavy atom. The maximum absolute atomic E-state index is 12.4. The van der Waals surface area contributed by atoms with Gasteiger partial charge in [-0.15, -0.1) is 0 Å². The Balaban J connectivity index is 2.17. The van der Waals surface area contributed by atoms with Gasteiger partial charge in [0.1, 0.15) is 0 Å². The molecule has 0 amide bonds. The normalized spacial score (nSPS) is 16.1. The van der Waals surface area contributed by atoms with Crippen LogP contribution in [0.25, 0.3) is 0 Å². The molecule has 0 heterocycles. The van der Waals surface area contributed by atoms with Crippen molar-refractivity contribution in [3.8, 4) is 0 Å². The summed E-state index contributed by atoms with van der Waals surface area (Å²) >= 11 is 0. The molecular formula is C14H22N2O3S. The molecule has 112 valence electrons. The van der Waals surface area contributed by atoms with Crippen molar-refractivity contribution in [1.29, 1.82) is 0 Å². The molecule has 1 atom stereocenters. The third-order valence-electron chi connectivity index (χ3n) is 3.59. The second kappa shape index (κ2) is 6.67. The first-order chi connectivity index (χ1) is 9.56. The molecule has 20 heavy (non-hydrogen) atoms. The molecule has 1 aliphatic carbocycles. The smallest absolute Gasteiger partial charge is 0.240 e. The first kappa shape index (κ1) is 15.4. The van der Waals surface area contributed by atoms with Crippen LogP contribution >= 0.6 is 0 Å². The molecule has 1 aliphatic rings. The molecule has 0 aromatic heterocycles. The second-order valence-electron chi connectivity index (χ2n) is 5.13.